The number of aliphatic hydroxyl groups excluding tert-OH is 1. The Morgan fingerprint density at radius 1 is 1.29 bits per heavy atom. The van der Waals surface area contributed by atoms with Crippen molar-refractivity contribution in [2.45, 2.75) is 24.7 Å². The predicted molar refractivity (Wildman–Crippen MR) is 80.5 cm³/mol. The van der Waals surface area contributed by atoms with Crippen LogP contribution in [0.3, 0.4) is 0 Å². The Morgan fingerprint density at radius 2 is 1.90 bits per heavy atom. The molecule has 0 aliphatic carbocycles. The van der Waals surface area contributed by atoms with Crippen LogP contribution in [0, 0.1) is 5.92 Å². The van der Waals surface area contributed by atoms with E-state index in [9.17, 15) is 13.2 Å². The summed E-state index contributed by atoms with van der Waals surface area (Å²) in [5, 5.41) is 11.4. The van der Waals surface area contributed by atoms with Crippen molar-refractivity contribution in [1.82, 2.24) is 10.0 Å². The predicted octanol–water partition coefficient (Wildman–Crippen LogP) is 0.733. The Labute approximate surface area is 125 Å². The first-order valence-electron chi connectivity index (χ1n) is 6.83. The maximum atomic E-state index is 12.0. The Bertz CT molecular complexity index is 555. The highest BCUT2D eigenvalue weighted by Crippen LogP contribution is 2.11. The van der Waals surface area contributed by atoms with E-state index in [4.69, 9.17) is 5.11 Å². The topological polar surface area (TPSA) is 95.5 Å². The van der Waals surface area contributed by atoms with Crippen molar-refractivity contribution in [3.05, 3.63) is 29.8 Å². The Kier molecular flexibility index (Phi) is 6.80. The maximum Gasteiger partial charge on any atom is 0.251 e. The smallest absolute Gasteiger partial charge is 0.251 e. The molecule has 0 radical (unpaired) electrons. The number of hydrogen-bond acceptors (Lipinski definition) is 4. The zero-order chi connectivity index (χ0) is 15.9. The van der Waals surface area contributed by atoms with Crippen LogP contribution >= 0.6 is 0 Å². The molecule has 1 atom stereocenters. The van der Waals surface area contributed by atoms with E-state index < -0.39 is 10.0 Å². The number of carbonyl (C=O) groups excluding carboxylic acids is 1. The van der Waals surface area contributed by atoms with E-state index in [0.717, 1.165) is 6.42 Å². The van der Waals surface area contributed by atoms with E-state index in [0.29, 0.717) is 18.5 Å². The van der Waals surface area contributed by atoms with Gasteiger partial charge in [-0.25, -0.2) is 13.1 Å². The third kappa shape index (κ3) is 5.45. The average molecular weight is 314 g/mol. The number of amides is 1. The normalized spacial score (nSPS) is 12.9. The zero-order valence-corrected chi connectivity index (χ0v) is 13.1. The number of carbonyl (C=O) groups is 1. The molecule has 118 valence electrons. The highest BCUT2D eigenvalue weighted by molar-refractivity contribution is 7.89. The summed E-state index contributed by atoms with van der Waals surface area (Å²) in [6.07, 6.45) is 1.42. The molecule has 0 spiro atoms. The van der Waals surface area contributed by atoms with Gasteiger partial charge < -0.3 is 10.4 Å². The lowest BCUT2D eigenvalue weighted by atomic mass is 10.1. The van der Waals surface area contributed by atoms with Crippen LogP contribution in [0.2, 0.25) is 0 Å². The Balaban J connectivity index is 2.60. The lowest BCUT2D eigenvalue weighted by Crippen LogP contribution is -2.25. The van der Waals surface area contributed by atoms with Crippen LogP contribution in [0.5, 0.6) is 0 Å². The standard InChI is InChI=1S/C14H22N2O4S/c1-11(10-17)4-3-9-16-21(19,20)13-7-5-12(6-8-13)14(18)15-2/h5-8,11,16-17H,3-4,9-10H2,1-2H3,(H,15,18). The molecule has 0 aliphatic rings. The van der Waals surface area contributed by atoms with Gasteiger partial charge in [0.05, 0.1) is 4.90 Å². The van der Waals surface area contributed by atoms with Crippen molar-refractivity contribution in [3.63, 3.8) is 0 Å². The van der Waals surface area contributed by atoms with Gasteiger partial charge >= 0.3 is 0 Å². The van der Waals surface area contributed by atoms with Crippen LogP contribution in [-0.4, -0.2) is 39.6 Å². The van der Waals surface area contributed by atoms with Gasteiger partial charge in [0.2, 0.25) is 10.0 Å². The molecular formula is C14H22N2O4S. The summed E-state index contributed by atoms with van der Waals surface area (Å²) in [5.41, 5.74) is 0.410. The molecule has 21 heavy (non-hydrogen) atoms. The minimum absolute atomic E-state index is 0.105. The molecule has 7 heteroatoms. The molecule has 0 saturated carbocycles. The van der Waals surface area contributed by atoms with Crippen LogP contribution in [0.1, 0.15) is 30.1 Å². The van der Waals surface area contributed by atoms with Crippen molar-refractivity contribution in [3.8, 4) is 0 Å². The minimum Gasteiger partial charge on any atom is -0.396 e. The second-order valence-electron chi connectivity index (χ2n) is 4.93. The van der Waals surface area contributed by atoms with Gasteiger partial charge in [-0.05, 0) is 43.0 Å². The third-order valence-electron chi connectivity index (χ3n) is 3.13. The second kappa shape index (κ2) is 8.11. The zero-order valence-electron chi connectivity index (χ0n) is 12.3. The number of rotatable bonds is 8. The van der Waals surface area contributed by atoms with E-state index in [1.54, 1.807) is 0 Å². The van der Waals surface area contributed by atoms with Gasteiger partial charge in [-0.15, -0.1) is 0 Å². The van der Waals surface area contributed by atoms with Gasteiger partial charge in [0.1, 0.15) is 0 Å². The molecule has 1 rings (SSSR count). The molecule has 0 aromatic heterocycles. The fourth-order valence-corrected chi connectivity index (χ4v) is 2.84. The molecule has 0 bridgehead atoms. The van der Waals surface area contributed by atoms with Crippen molar-refractivity contribution < 1.29 is 18.3 Å². The summed E-state index contributed by atoms with van der Waals surface area (Å²) in [5.74, 6) is -0.0914. The second-order valence-corrected chi connectivity index (χ2v) is 6.70. The van der Waals surface area contributed by atoms with E-state index >= 15 is 0 Å². The first-order chi connectivity index (χ1) is 9.90. The molecule has 1 amide bonds. The molecule has 1 unspecified atom stereocenters. The molecule has 1 aromatic carbocycles. The van der Waals surface area contributed by atoms with Crippen molar-refractivity contribution in [2.75, 3.05) is 20.2 Å². The van der Waals surface area contributed by atoms with Gasteiger partial charge in [0, 0.05) is 25.8 Å². The number of nitrogens with one attached hydrogen (secondary N) is 2. The molecule has 0 fully saturated rings. The first-order valence-corrected chi connectivity index (χ1v) is 8.31. The van der Waals surface area contributed by atoms with Gasteiger partial charge in [-0.1, -0.05) is 6.92 Å². The lowest BCUT2D eigenvalue weighted by molar-refractivity contribution is 0.0963. The van der Waals surface area contributed by atoms with Gasteiger partial charge in [-0.2, -0.15) is 0 Å². The van der Waals surface area contributed by atoms with Crippen LogP contribution < -0.4 is 10.0 Å². The molecule has 0 heterocycles. The number of sulfonamides is 1. The van der Waals surface area contributed by atoms with Gasteiger partial charge in [0.15, 0.2) is 0 Å². The molecule has 0 aliphatic heterocycles. The summed E-state index contributed by atoms with van der Waals surface area (Å²) in [6, 6.07) is 5.76. The SMILES string of the molecule is CNC(=O)c1ccc(S(=O)(=O)NCCCC(C)CO)cc1. The molecular weight excluding hydrogens is 292 g/mol. The van der Waals surface area contributed by atoms with E-state index in [-0.39, 0.29) is 23.3 Å². The van der Waals surface area contributed by atoms with Crippen LogP contribution in [0.15, 0.2) is 29.2 Å². The molecule has 1 aromatic rings. The summed E-state index contributed by atoms with van der Waals surface area (Å²) in [4.78, 5) is 11.5. The summed E-state index contributed by atoms with van der Waals surface area (Å²) < 4.78 is 26.6. The highest BCUT2D eigenvalue weighted by Gasteiger charge is 2.14. The van der Waals surface area contributed by atoms with E-state index in [1.165, 1.54) is 31.3 Å². The maximum absolute atomic E-state index is 12.0. The highest BCUT2D eigenvalue weighted by atomic mass is 32.2. The van der Waals surface area contributed by atoms with Crippen LogP contribution in [0.25, 0.3) is 0 Å². The fourth-order valence-electron chi connectivity index (χ4n) is 1.76. The number of benzene rings is 1. The van der Waals surface area contributed by atoms with Crippen molar-refractivity contribution in [1.29, 1.82) is 0 Å². The monoisotopic (exact) mass is 314 g/mol. The average Bonchev–Trinajstić information content (AvgIpc) is 2.50. The Hall–Kier alpha value is -1.44. The first kappa shape index (κ1) is 17.6. The van der Waals surface area contributed by atoms with Crippen LogP contribution in [-0.2, 0) is 10.0 Å². The molecule has 3 N–H and O–H groups in total. The van der Waals surface area contributed by atoms with E-state index in [2.05, 4.69) is 10.0 Å². The van der Waals surface area contributed by atoms with Gasteiger partial charge in [0.25, 0.3) is 5.91 Å². The van der Waals surface area contributed by atoms with E-state index in [1.807, 2.05) is 6.92 Å². The van der Waals surface area contributed by atoms with Gasteiger partial charge in [-0.3, -0.25) is 4.79 Å². The lowest BCUT2D eigenvalue weighted by Gasteiger charge is -2.09. The number of aliphatic hydroxyl groups is 1. The summed E-state index contributed by atoms with van der Waals surface area (Å²) in [6.45, 7) is 2.34. The van der Waals surface area contributed by atoms with Crippen molar-refractivity contribution in [2.24, 2.45) is 5.92 Å². The summed E-state index contributed by atoms with van der Waals surface area (Å²) >= 11 is 0. The van der Waals surface area contributed by atoms with Crippen molar-refractivity contribution >= 4 is 15.9 Å². The quantitative estimate of drug-likeness (QED) is 0.617. The fraction of sp³-hybridized carbons (Fsp3) is 0.500. The Morgan fingerprint density at radius 3 is 2.43 bits per heavy atom. The van der Waals surface area contributed by atoms with Crippen LogP contribution in [0.4, 0.5) is 0 Å². The molecule has 6 nitrogen and oxygen atoms in total. The number of hydrogen-bond donors (Lipinski definition) is 3. The largest absolute Gasteiger partial charge is 0.396 e. The summed E-state index contributed by atoms with van der Waals surface area (Å²) in [7, 11) is -2.04. The third-order valence-corrected chi connectivity index (χ3v) is 4.61. The molecule has 0 saturated heterocycles. The minimum atomic E-state index is -3.56.